The van der Waals surface area contributed by atoms with Gasteiger partial charge in [0.1, 0.15) is 0 Å². The highest BCUT2D eigenvalue weighted by atomic mass is 15.3. The van der Waals surface area contributed by atoms with Crippen LogP contribution in [-0.2, 0) is 13.5 Å². The average molecular weight is 257 g/mol. The molecule has 1 N–H and O–H groups in total. The van der Waals surface area contributed by atoms with E-state index in [1.165, 1.54) is 11.1 Å². The van der Waals surface area contributed by atoms with Crippen molar-refractivity contribution >= 4 is 0 Å². The lowest BCUT2D eigenvalue weighted by molar-refractivity contribution is 0.476. The highest BCUT2D eigenvalue weighted by Crippen LogP contribution is 2.16. The molecular formula is C16H23N3. The van der Waals surface area contributed by atoms with Gasteiger partial charge in [-0.1, -0.05) is 30.3 Å². The molecule has 0 radical (unpaired) electrons. The highest BCUT2D eigenvalue weighted by Gasteiger charge is 2.14. The van der Waals surface area contributed by atoms with Crippen LogP contribution in [0.2, 0.25) is 0 Å². The third kappa shape index (κ3) is 3.67. The summed E-state index contributed by atoms with van der Waals surface area (Å²) < 4.78 is 1.88. The summed E-state index contributed by atoms with van der Waals surface area (Å²) >= 11 is 0. The van der Waals surface area contributed by atoms with Gasteiger partial charge in [0.25, 0.3) is 0 Å². The van der Waals surface area contributed by atoms with Crippen molar-refractivity contribution in [2.45, 2.75) is 39.3 Å². The van der Waals surface area contributed by atoms with E-state index in [4.69, 9.17) is 0 Å². The Hall–Kier alpha value is -1.61. The first kappa shape index (κ1) is 13.8. The Morgan fingerprint density at radius 1 is 1.21 bits per heavy atom. The molecule has 2 atom stereocenters. The predicted octanol–water partition coefficient (Wildman–Crippen LogP) is 3.01. The van der Waals surface area contributed by atoms with E-state index < -0.39 is 0 Å². The van der Waals surface area contributed by atoms with Crippen molar-refractivity contribution in [1.82, 2.24) is 15.1 Å². The second-order valence-corrected chi connectivity index (χ2v) is 5.32. The maximum absolute atomic E-state index is 4.40. The quantitative estimate of drug-likeness (QED) is 0.892. The number of nitrogens with one attached hydrogen (secondary N) is 1. The Kier molecular flexibility index (Phi) is 4.38. The summed E-state index contributed by atoms with van der Waals surface area (Å²) in [5, 5.41) is 8.05. The van der Waals surface area contributed by atoms with E-state index >= 15 is 0 Å². The Bertz CT molecular complexity index is 516. The molecule has 0 amide bonds. The third-order valence-electron chi connectivity index (χ3n) is 3.44. The molecule has 3 nitrogen and oxygen atoms in total. The Labute approximate surface area is 115 Å². The minimum absolute atomic E-state index is 0.326. The molecule has 1 aromatic heterocycles. The zero-order valence-electron chi connectivity index (χ0n) is 12.2. The minimum atomic E-state index is 0.326. The van der Waals surface area contributed by atoms with E-state index in [1.807, 2.05) is 11.7 Å². The van der Waals surface area contributed by atoms with Gasteiger partial charge in [-0.15, -0.1) is 0 Å². The number of hydrogen-bond acceptors (Lipinski definition) is 2. The van der Waals surface area contributed by atoms with Gasteiger partial charge < -0.3 is 5.32 Å². The van der Waals surface area contributed by atoms with E-state index in [0.29, 0.717) is 12.1 Å². The van der Waals surface area contributed by atoms with Crippen LogP contribution in [0.15, 0.2) is 36.5 Å². The molecule has 0 aliphatic heterocycles. The lowest BCUT2D eigenvalue weighted by Crippen LogP contribution is -2.30. The van der Waals surface area contributed by atoms with Gasteiger partial charge in [0.2, 0.25) is 0 Å². The molecule has 0 spiro atoms. The fourth-order valence-electron chi connectivity index (χ4n) is 2.59. The summed E-state index contributed by atoms with van der Waals surface area (Å²) in [7, 11) is 1.97. The van der Waals surface area contributed by atoms with Crippen LogP contribution >= 0.6 is 0 Å². The molecule has 0 aliphatic carbocycles. The summed E-state index contributed by atoms with van der Waals surface area (Å²) in [5.74, 6) is 0. The van der Waals surface area contributed by atoms with Crippen LogP contribution in [0.5, 0.6) is 0 Å². The fraction of sp³-hybridized carbons (Fsp3) is 0.438. The van der Waals surface area contributed by atoms with E-state index in [0.717, 1.165) is 12.1 Å². The molecule has 0 saturated heterocycles. The minimum Gasteiger partial charge on any atom is -0.307 e. The summed E-state index contributed by atoms with van der Waals surface area (Å²) in [6, 6.07) is 11.4. The van der Waals surface area contributed by atoms with Crippen molar-refractivity contribution in [1.29, 1.82) is 0 Å². The smallest absolute Gasteiger partial charge is 0.0641 e. The van der Waals surface area contributed by atoms with Crippen molar-refractivity contribution in [3.8, 4) is 0 Å². The maximum Gasteiger partial charge on any atom is 0.0641 e. The topological polar surface area (TPSA) is 29.9 Å². The molecule has 1 heterocycles. The van der Waals surface area contributed by atoms with Gasteiger partial charge in [0.05, 0.1) is 5.69 Å². The van der Waals surface area contributed by atoms with Crippen LogP contribution in [0.1, 0.15) is 36.7 Å². The van der Waals surface area contributed by atoms with Crippen LogP contribution < -0.4 is 5.32 Å². The monoisotopic (exact) mass is 257 g/mol. The van der Waals surface area contributed by atoms with Gasteiger partial charge in [-0.2, -0.15) is 5.10 Å². The zero-order chi connectivity index (χ0) is 13.8. The number of aryl methyl sites for hydroxylation is 2. The van der Waals surface area contributed by atoms with Gasteiger partial charge in [-0.25, -0.2) is 0 Å². The Morgan fingerprint density at radius 2 is 1.89 bits per heavy atom. The standard InChI is InChI=1S/C16H23N3/c1-12(10-15-8-6-5-7-9-15)17-13(2)16-11-19(4)18-14(16)3/h5-9,11-13,17H,10H2,1-4H3. The van der Waals surface area contributed by atoms with Gasteiger partial charge >= 0.3 is 0 Å². The van der Waals surface area contributed by atoms with Crippen LogP contribution in [-0.4, -0.2) is 15.8 Å². The highest BCUT2D eigenvalue weighted by molar-refractivity contribution is 5.20. The second kappa shape index (κ2) is 6.02. The molecule has 0 aliphatic rings. The SMILES string of the molecule is Cc1nn(C)cc1C(C)NC(C)Cc1ccccc1. The molecule has 102 valence electrons. The van der Waals surface area contributed by atoms with Gasteiger partial charge in [0.15, 0.2) is 0 Å². The summed E-state index contributed by atoms with van der Waals surface area (Å²) in [6.07, 6.45) is 3.15. The first-order valence-electron chi connectivity index (χ1n) is 6.86. The molecule has 0 fully saturated rings. The van der Waals surface area contributed by atoms with Crippen molar-refractivity contribution in [3.05, 3.63) is 53.3 Å². The summed E-state index contributed by atoms with van der Waals surface area (Å²) in [4.78, 5) is 0. The number of hydrogen-bond donors (Lipinski definition) is 1. The molecular weight excluding hydrogens is 234 g/mol. The van der Waals surface area contributed by atoms with E-state index in [1.54, 1.807) is 0 Å². The van der Waals surface area contributed by atoms with Gasteiger partial charge in [-0.3, -0.25) is 4.68 Å². The lowest BCUT2D eigenvalue weighted by Gasteiger charge is -2.20. The van der Waals surface area contributed by atoms with E-state index in [9.17, 15) is 0 Å². The molecule has 3 heteroatoms. The first-order chi connectivity index (χ1) is 9.06. The molecule has 0 bridgehead atoms. The average Bonchev–Trinajstić information content (AvgIpc) is 2.69. The lowest BCUT2D eigenvalue weighted by atomic mass is 10.0. The molecule has 2 unspecified atom stereocenters. The van der Waals surface area contributed by atoms with Crippen molar-refractivity contribution in [2.75, 3.05) is 0 Å². The summed E-state index contributed by atoms with van der Waals surface area (Å²) in [5.41, 5.74) is 3.76. The predicted molar refractivity (Wildman–Crippen MR) is 79.1 cm³/mol. The number of benzene rings is 1. The summed E-state index contributed by atoms with van der Waals surface area (Å²) in [6.45, 7) is 6.50. The van der Waals surface area contributed by atoms with Gasteiger partial charge in [-0.05, 0) is 32.8 Å². The van der Waals surface area contributed by atoms with Gasteiger partial charge in [0, 0.05) is 30.9 Å². The number of nitrogens with zero attached hydrogens (tertiary/aromatic N) is 2. The molecule has 19 heavy (non-hydrogen) atoms. The van der Waals surface area contributed by atoms with Crippen molar-refractivity contribution < 1.29 is 0 Å². The normalized spacial score (nSPS) is 14.3. The molecule has 1 aromatic carbocycles. The first-order valence-corrected chi connectivity index (χ1v) is 6.86. The van der Waals surface area contributed by atoms with Crippen LogP contribution in [0.25, 0.3) is 0 Å². The molecule has 2 rings (SSSR count). The zero-order valence-corrected chi connectivity index (χ0v) is 12.2. The van der Waals surface area contributed by atoms with Crippen molar-refractivity contribution in [2.24, 2.45) is 7.05 Å². The van der Waals surface area contributed by atoms with E-state index in [-0.39, 0.29) is 0 Å². The van der Waals surface area contributed by atoms with E-state index in [2.05, 4.69) is 67.7 Å². The maximum atomic E-state index is 4.40. The Morgan fingerprint density at radius 3 is 2.47 bits per heavy atom. The van der Waals surface area contributed by atoms with Crippen LogP contribution in [0.4, 0.5) is 0 Å². The van der Waals surface area contributed by atoms with Crippen LogP contribution in [0, 0.1) is 6.92 Å². The largest absolute Gasteiger partial charge is 0.307 e. The second-order valence-electron chi connectivity index (χ2n) is 5.32. The number of rotatable bonds is 5. The number of aromatic nitrogens is 2. The Balaban J connectivity index is 1.95. The fourth-order valence-corrected chi connectivity index (χ4v) is 2.59. The molecule has 0 saturated carbocycles. The van der Waals surface area contributed by atoms with Crippen molar-refractivity contribution in [3.63, 3.8) is 0 Å². The third-order valence-corrected chi connectivity index (χ3v) is 3.44. The van der Waals surface area contributed by atoms with Crippen LogP contribution in [0.3, 0.4) is 0 Å². The molecule has 2 aromatic rings.